The summed E-state index contributed by atoms with van der Waals surface area (Å²) in [5.74, 6) is 0.321. The van der Waals surface area contributed by atoms with E-state index in [1.54, 1.807) is 4.90 Å². The van der Waals surface area contributed by atoms with E-state index in [1.165, 1.54) is 0 Å². The van der Waals surface area contributed by atoms with E-state index in [1.807, 2.05) is 17.7 Å². The Morgan fingerprint density at radius 2 is 2.21 bits per heavy atom. The van der Waals surface area contributed by atoms with Crippen molar-refractivity contribution in [2.75, 3.05) is 6.54 Å². The molecule has 1 aliphatic heterocycles. The standard InChI is InChI=1S/C17H22N4O3/c1-2-15(22)14-9-11-10-20(7-8-21(11)18-14)17(23)16-12-5-3-4-6-13(12)19-24-16/h9,15,22H,2-8,10H2,1H3/t15-/m1/s1. The van der Waals surface area contributed by atoms with E-state index in [0.717, 1.165) is 42.6 Å². The number of hydrogen-bond acceptors (Lipinski definition) is 5. The summed E-state index contributed by atoms with van der Waals surface area (Å²) in [5, 5.41) is 18.5. The third-order valence-electron chi connectivity index (χ3n) is 4.99. The van der Waals surface area contributed by atoms with Gasteiger partial charge in [0.2, 0.25) is 5.76 Å². The van der Waals surface area contributed by atoms with Crippen LogP contribution in [-0.4, -0.2) is 37.4 Å². The number of aryl methyl sites for hydroxylation is 1. The molecule has 7 heteroatoms. The summed E-state index contributed by atoms with van der Waals surface area (Å²) < 4.78 is 7.26. The Bertz CT molecular complexity index is 764. The molecule has 0 bridgehead atoms. The number of rotatable bonds is 3. The van der Waals surface area contributed by atoms with Crippen molar-refractivity contribution in [3.05, 3.63) is 34.5 Å². The Balaban J connectivity index is 1.55. The minimum absolute atomic E-state index is 0.0873. The van der Waals surface area contributed by atoms with Crippen LogP contribution in [0.2, 0.25) is 0 Å². The molecule has 2 aromatic heterocycles. The van der Waals surface area contributed by atoms with Crippen molar-refractivity contribution in [3.8, 4) is 0 Å². The van der Waals surface area contributed by atoms with Gasteiger partial charge in [-0.1, -0.05) is 12.1 Å². The van der Waals surface area contributed by atoms with E-state index in [2.05, 4.69) is 10.3 Å². The first-order valence-electron chi connectivity index (χ1n) is 8.68. The molecule has 0 saturated heterocycles. The van der Waals surface area contributed by atoms with Gasteiger partial charge in [0.25, 0.3) is 5.91 Å². The zero-order valence-corrected chi connectivity index (χ0v) is 13.9. The van der Waals surface area contributed by atoms with Crippen LogP contribution in [0.3, 0.4) is 0 Å². The second kappa shape index (κ2) is 6.05. The highest BCUT2D eigenvalue weighted by Gasteiger charge is 2.30. The van der Waals surface area contributed by atoms with Gasteiger partial charge in [0.1, 0.15) is 0 Å². The topological polar surface area (TPSA) is 84.4 Å². The molecule has 3 heterocycles. The van der Waals surface area contributed by atoms with Gasteiger partial charge in [-0.3, -0.25) is 9.48 Å². The van der Waals surface area contributed by atoms with Crippen LogP contribution >= 0.6 is 0 Å². The number of carbonyl (C=O) groups excluding carboxylic acids is 1. The monoisotopic (exact) mass is 330 g/mol. The average molecular weight is 330 g/mol. The number of aromatic nitrogens is 3. The van der Waals surface area contributed by atoms with E-state index >= 15 is 0 Å². The fourth-order valence-corrected chi connectivity index (χ4v) is 3.54. The van der Waals surface area contributed by atoms with Crippen molar-refractivity contribution in [3.63, 3.8) is 0 Å². The molecule has 1 amide bonds. The number of aliphatic hydroxyl groups excluding tert-OH is 1. The first kappa shape index (κ1) is 15.4. The molecule has 0 fully saturated rings. The zero-order chi connectivity index (χ0) is 16.7. The van der Waals surface area contributed by atoms with Crippen LogP contribution in [0.5, 0.6) is 0 Å². The minimum Gasteiger partial charge on any atom is -0.387 e. The molecule has 1 atom stereocenters. The molecule has 0 radical (unpaired) electrons. The highest BCUT2D eigenvalue weighted by molar-refractivity contribution is 5.93. The third kappa shape index (κ3) is 2.53. The van der Waals surface area contributed by atoms with Gasteiger partial charge in [-0.05, 0) is 38.2 Å². The Labute approximate surface area is 140 Å². The van der Waals surface area contributed by atoms with Crippen molar-refractivity contribution in [2.24, 2.45) is 0 Å². The number of amides is 1. The summed E-state index contributed by atoms with van der Waals surface area (Å²) in [5.41, 5.74) is 3.57. The molecule has 4 rings (SSSR count). The maximum atomic E-state index is 12.9. The smallest absolute Gasteiger partial charge is 0.293 e. The Morgan fingerprint density at radius 1 is 1.38 bits per heavy atom. The first-order chi connectivity index (χ1) is 11.7. The molecule has 1 N–H and O–H groups in total. The van der Waals surface area contributed by atoms with Gasteiger partial charge in [-0.25, -0.2) is 0 Å². The summed E-state index contributed by atoms with van der Waals surface area (Å²) >= 11 is 0. The molecular weight excluding hydrogens is 308 g/mol. The molecule has 0 saturated carbocycles. The lowest BCUT2D eigenvalue weighted by Gasteiger charge is -2.27. The third-order valence-corrected chi connectivity index (χ3v) is 4.99. The van der Waals surface area contributed by atoms with Crippen molar-refractivity contribution < 1.29 is 14.4 Å². The van der Waals surface area contributed by atoms with Crippen LogP contribution in [0.1, 0.15) is 65.5 Å². The lowest BCUT2D eigenvalue weighted by atomic mass is 9.96. The van der Waals surface area contributed by atoms with E-state index in [9.17, 15) is 9.90 Å². The van der Waals surface area contributed by atoms with Crippen molar-refractivity contribution >= 4 is 5.91 Å². The summed E-state index contributed by atoms with van der Waals surface area (Å²) in [6, 6.07) is 1.89. The lowest BCUT2D eigenvalue weighted by Crippen LogP contribution is -2.38. The average Bonchev–Trinajstić information content (AvgIpc) is 3.23. The van der Waals surface area contributed by atoms with Crippen LogP contribution in [0.4, 0.5) is 0 Å². The molecule has 1 aliphatic carbocycles. The molecule has 0 aromatic carbocycles. The van der Waals surface area contributed by atoms with Crippen LogP contribution < -0.4 is 0 Å². The lowest BCUT2D eigenvalue weighted by molar-refractivity contribution is 0.0662. The van der Waals surface area contributed by atoms with Crippen molar-refractivity contribution in [1.29, 1.82) is 0 Å². The van der Waals surface area contributed by atoms with Crippen LogP contribution in [-0.2, 0) is 25.9 Å². The number of aliphatic hydroxyl groups is 1. The Morgan fingerprint density at radius 3 is 3.04 bits per heavy atom. The summed E-state index contributed by atoms with van der Waals surface area (Å²) in [4.78, 5) is 14.6. The highest BCUT2D eigenvalue weighted by Crippen LogP contribution is 2.26. The number of hydrogen-bond donors (Lipinski definition) is 1. The van der Waals surface area contributed by atoms with Crippen LogP contribution in [0.15, 0.2) is 10.6 Å². The quantitative estimate of drug-likeness (QED) is 0.928. The number of fused-ring (bicyclic) bond motifs is 2. The van der Waals surface area contributed by atoms with Crippen LogP contribution in [0, 0.1) is 0 Å². The van der Waals surface area contributed by atoms with Gasteiger partial charge in [-0.2, -0.15) is 5.10 Å². The largest absolute Gasteiger partial charge is 0.387 e. The molecular formula is C17H22N4O3. The van der Waals surface area contributed by atoms with Crippen LogP contribution in [0.25, 0.3) is 0 Å². The Kier molecular flexibility index (Phi) is 3.88. The maximum Gasteiger partial charge on any atom is 0.293 e. The summed E-state index contributed by atoms with van der Waals surface area (Å²) in [6.07, 6.45) is 4.05. The molecule has 2 aromatic rings. The molecule has 24 heavy (non-hydrogen) atoms. The van der Waals surface area contributed by atoms with Gasteiger partial charge in [-0.15, -0.1) is 0 Å². The fourth-order valence-electron chi connectivity index (χ4n) is 3.54. The molecule has 128 valence electrons. The van der Waals surface area contributed by atoms with E-state index in [4.69, 9.17) is 4.52 Å². The number of carbonyl (C=O) groups is 1. The SMILES string of the molecule is CC[C@@H](O)c1cc2n(n1)CCN(C(=O)c1onc3c1CCCC3)C2. The van der Waals surface area contributed by atoms with Gasteiger partial charge < -0.3 is 14.5 Å². The summed E-state index contributed by atoms with van der Waals surface area (Å²) in [6.45, 7) is 3.63. The van der Waals surface area contributed by atoms with E-state index < -0.39 is 6.10 Å². The van der Waals surface area contributed by atoms with E-state index in [-0.39, 0.29) is 5.91 Å². The first-order valence-corrected chi connectivity index (χ1v) is 8.68. The Hall–Kier alpha value is -2.15. The fraction of sp³-hybridized carbons (Fsp3) is 0.588. The zero-order valence-electron chi connectivity index (χ0n) is 13.9. The van der Waals surface area contributed by atoms with Crippen molar-refractivity contribution in [2.45, 2.75) is 58.2 Å². The second-order valence-corrected chi connectivity index (χ2v) is 6.58. The predicted octanol–water partition coefficient (Wildman–Crippen LogP) is 1.85. The van der Waals surface area contributed by atoms with Gasteiger partial charge >= 0.3 is 0 Å². The highest BCUT2D eigenvalue weighted by atomic mass is 16.5. The van der Waals surface area contributed by atoms with Gasteiger partial charge in [0.15, 0.2) is 0 Å². The second-order valence-electron chi connectivity index (χ2n) is 6.58. The normalized spacial score (nSPS) is 18.2. The predicted molar refractivity (Wildman–Crippen MR) is 85.4 cm³/mol. The van der Waals surface area contributed by atoms with Gasteiger partial charge in [0.05, 0.1) is 36.3 Å². The molecule has 2 aliphatic rings. The minimum atomic E-state index is -0.548. The molecule has 7 nitrogen and oxygen atoms in total. The van der Waals surface area contributed by atoms with E-state index in [0.29, 0.717) is 37.5 Å². The number of nitrogens with zero attached hydrogens (tertiary/aromatic N) is 4. The summed E-state index contributed by atoms with van der Waals surface area (Å²) in [7, 11) is 0. The molecule has 0 spiro atoms. The van der Waals surface area contributed by atoms with Gasteiger partial charge in [0, 0.05) is 12.1 Å². The van der Waals surface area contributed by atoms with Crippen molar-refractivity contribution in [1.82, 2.24) is 19.8 Å². The molecule has 0 unspecified atom stereocenters. The maximum absolute atomic E-state index is 12.9.